The Morgan fingerprint density at radius 1 is 1.30 bits per heavy atom. The number of carbonyl (C=O) groups is 1. The van der Waals surface area contributed by atoms with Gasteiger partial charge in [-0.2, -0.15) is 5.01 Å². The zero-order valence-corrected chi connectivity index (χ0v) is 12.2. The number of methoxy groups -OCH3 is 1. The maximum absolute atomic E-state index is 12.6. The average Bonchev–Trinajstić information content (AvgIpc) is 2.91. The maximum Gasteiger partial charge on any atom is 0.345 e. The highest BCUT2D eigenvalue weighted by Crippen LogP contribution is 2.52. The first-order valence-electron chi connectivity index (χ1n) is 6.42. The minimum Gasteiger partial charge on any atom is -0.467 e. The third-order valence-corrected chi connectivity index (χ3v) is 5.70. The van der Waals surface area contributed by atoms with Crippen LogP contribution in [0.15, 0.2) is 29.2 Å². The number of benzene rings is 1. The maximum atomic E-state index is 12.6. The highest BCUT2D eigenvalue weighted by molar-refractivity contribution is 7.89. The lowest BCUT2D eigenvalue weighted by molar-refractivity contribution is -0.145. The van der Waals surface area contributed by atoms with Crippen LogP contribution in [0.2, 0.25) is 0 Å². The molecule has 3 atom stereocenters. The van der Waals surface area contributed by atoms with Gasteiger partial charge in [-0.1, -0.05) is 22.1 Å². The van der Waals surface area contributed by atoms with Crippen LogP contribution < -0.4 is 0 Å². The van der Waals surface area contributed by atoms with Gasteiger partial charge in [0.15, 0.2) is 0 Å². The Balaban J connectivity index is 1.98. The minimum absolute atomic E-state index is 0.195. The third-order valence-electron chi connectivity index (χ3n) is 3.88. The molecule has 3 rings (SSSR count). The molecule has 7 heteroatoms. The molecule has 2 aliphatic heterocycles. The van der Waals surface area contributed by atoms with Crippen LogP contribution >= 0.6 is 0 Å². The van der Waals surface area contributed by atoms with Gasteiger partial charge in [-0.3, -0.25) is 0 Å². The van der Waals surface area contributed by atoms with Crippen molar-refractivity contribution in [3.63, 3.8) is 0 Å². The summed E-state index contributed by atoms with van der Waals surface area (Å²) in [6.45, 7) is 2.45. The van der Waals surface area contributed by atoms with Crippen molar-refractivity contribution in [2.75, 3.05) is 13.7 Å². The molecule has 0 spiro atoms. The Kier molecular flexibility index (Phi) is 2.89. The first-order valence-corrected chi connectivity index (χ1v) is 7.86. The number of ether oxygens (including phenoxy) is 1. The van der Waals surface area contributed by atoms with Crippen molar-refractivity contribution >= 4 is 16.0 Å². The molecule has 0 amide bonds. The van der Waals surface area contributed by atoms with E-state index in [1.54, 1.807) is 29.3 Å². The van der Waals surface area contributed by atoms with Crippen LogP contribution in [-0.2, 0) is 19.6 Å². The molecule has 2 aliphatic rings. The fourth-order valence-electron chi connectivity index (χ4n) is 2.84. The molecule has 0 bridgehead atoms. The summed E-state index contributed by atoms with van der Waals surface area (Å²) in [6.07, 6.45) is 1.26. The fourth-order valence-corrected chi connectivity index (χ4v) is 4.61. The molecular weight excluding hydrogens is 280 g/mol. The first kappa shape index (κ1) is 13.5. The molecule has 1 aromatic rings. The van der Waals surface area contributed by atoms with E-state index in [2.05, 4.69) is 0 Å². The molecule has 108 valence electrons. The number of sulfonamides is 1. The van der Waals surface area contributed by atoms with Crippen LogP contribution in [0, 0.1) is 6.92 Å². The number of aryl methyl sites for hydroxylation is 1. The van der Waals surface area contributed by atoms with Crippen LogP contribution in [-0.4, -0.2) is 43.1 Å². The van der Waals surface area contributed by atoms with Gasteiger partial charge in [0, 0.05) is 6.54 Å². The fraction of sp³-hybridized carbons (Fsp3) is 0.462. The van der Waals surface area contributed by atoms with E-state index in [1.165, 1.54) is 11.5 Å². The van der Waals surface area contributed by atoms with Crippen molar-refractivity contribution < 1.29 is 17.9 Å². The van der Waals surface area contributed by atoms with E-state index in [-0.39, 0.29) is 4.90 Å². The van der Waals surface area contributed by atoms with Gasteiger partial charge < -0.3 is 4.74 Å². The zero-order valence-electron chi connectivity index (χ0n) is 11.4. The van der Waals surface area contributed by atoms with Crippen LogP contribution in [0.3, 0.4) is 0 Å². The van der Waals surface area contributed by atoms with E-state index in [1.807, 2.05) is 6.92 Å². The van der Waals surface area contributed by atoms with E-state index in [4.69, 9.17) is 4.74 Å². The second-order valence-corrected chi connectivity index (χ2v) is 6.86. The predicted octanol–water partition coefficient (Wildman–Crippen LogP) is 0.879. The van der Waals surface area contributed by atoms with Crippen LogP contribution in [0.5, 0.6) is 0 Å². The van der Waals surface area contributed by atoms with Gasteiger partial charge in [0.1, 0.15) is 0 Å². The summed E-state index contributed by atoms with van der Waals surface area (Å²) in [5, 5.41) is 1.58. The lowest BCUT2D eigenvalue weighted by Gasteiger charge is -2.12. The highest BCUT2D eigenvalue weighted by atomic mass is 32.2. The van der Waals surface area contributed by atoms with E-state index in [0.717, 1.165) is 12.0 Å². The smallest absolute Gasteiger partial charge is 0.345 e. The van der Waals surface area contributed by atoms with Crippen molar-refractivity contribution in [3.05, 3.63) is 29.8 Å². The second-order valence-electron chi connectivity index (χ2n) is 5.10. The van der Waals surface area contributed by atoms with Gasteiger partial charge in [0.25, 0.3) is 10.0 Å². The number of nitrogens with zero attached hydrogens (tertiary/aromatic N) is 2. The molecule has 0 N–H and O–H groups in total. The zero-order chi connectivity index (χ0) is 14.5. The van der Waals surface area contributed by atoms with Crippen molar-refractivity contribution in [1.82, 2.24) is 9.42 Å². The molecule has 2 fully saturated rings. The van der Waals surface area contributed by atoms with Gasteiger partial charge >= 0.3 is 5.97 Å². The minimum atomic E-state index is -3.70. The average molecular weight is 296 g/mol. The number of esters is 1. The molecule has 3 unspecified atom stereocenters. The van der Waals surface area contributed by atoms with Crippen molar-refractivity contribution in [2.45, 2.75) is 30.3 Å². The highest BCUT2D eigenvalue weighted by Gasteiger charge is 2.75. The van der Waals surface area contributed by atoms with Crippen molar-refractivity contribution in [1.29, 1.82) is 0 Å². The quantitative estimate of drug-likeness (QED) is 0.612. The van der Waals surface area contributed by atoms with Crippen LogP contribution in [0.25, 0.3) is 0 Å². The van der Waals surface area contributed by atoms with Gasteiger partial charge in [-0.15, -0.1) is 0 Å². The van der Waals surface area contributed by atoms with E-state index < -0.39 is 21.7 Å². The summed E-state index contributed by atoms with van der Waals surface area (Å²) in [6, 6.07) is 6.61. The standard InChI is InChI=1S/C13H16N2O4S/c1-10-4-6-11(7-5-10)20(17,18)15-13(12(16)19-2)8-3-9-14(13)15/h4-7H,3,8-9H2,1-2H3. The Bertz CT molecular complexity index is 655. The van der Waals surface area contributed by atoms with Crippen molar-refractivity contribution in [2.24, 2.45) is 0 Å². The molecule has 20 heavy (non-hydrogen) atoms. The molecule has 2 heterocycles. The first-order chi connectivity index (χ1) is 9.44. The largest absolute Gasteiger partial charge is 0.467 e. The lowest BCUT2D eigenvalue weighted by atomic mass is 10.2. The Labute approximate surface area is 117 Å². The summed E-state index contributed by atoms with van der Waals surface area (Å²) >= 11 is 0. The van der Waals surface area contributed by atoms with E-state index >= 15 is 0 Å². The number of hydrazine groups is 1. The Hall–Kier alpha value is -1.44. The number of rotatable bonds is 3. The number of fused-ring (bicyclic) bond motifs is 1. The van der Waals surface area contributed by atoms with E-state index in [0.29, 0.717) is 13.0 Å². The number of hydrogen-bond acceptors (Lipinski definition) is 5. The SMILES string of the molecule is COC(=O)C12CCCN1N2S(=O)(=O)c1ccc(C)cc1. The lowest BCUT2D eigenvalue weighted by Crippen LogP contribution is -2.32. The van der Waals surface area contributed by atoms with Gasteiger partial charge in [0.05, 0.1) is 12.0 Å². The number of carbonyl (C=O) groups excluding carboxylic acids is 1. The summed E-state index contributed by atoms with van der Waals surface area (Å²) in [7, 11) is -2.42. The molecule has 0 aliphatic carbocycles. The van der Waals surface area contributed by atoms with Crippen LogP contribution in [0.1, 0.15) is 18.4 Å². The summed E-state index contributed by atoms with van der Waals surface area (Å²) in [4.78, 5) is 12.1. The molecule has 6 nitrogen and oxygen atoms in total. The molecule has 2 saturated heterocycles. The van der Waals surface area contributed by atoms with Crippen LogP contribution in [0.4, 0.5) is 0 Å². The van der Waals surface area contributed by atoms with Gasteiger partial charge in [0.2, 0.25) is 5.66 Å². The third kappa shape index (κ3) is 1.63. The van der Waals surface area contributed by atoms with Gasteiger partial charge in [-0.05, 0) is 31.9 Å². The number of hydrogen-bond donors (Lipinski definition) is 0. The normalized spacial score (nSPS) is 31.7. The Morgan fingerprint density at radius 3 is 2.55 bits per heavy atom. The molecule has 0 saturated carbocycles. The van der Waals surface area contributed by atoms with E-state index in [9.17, 15) is 13.2 Å². The summed E-state index contributed by atoms with van der Waals surface area (Å²) in [5.41, 5.74) is -0.128. The second kappa shape index (κ2) is 4.28. The molecule has 1 aromatic carbocycles. The monoisotopic (exact) mass is 296 g/mol. The Morgan fingerprint density at radius 2 is 1.95 bits per heavy atom. The molecule has 0 aromatic heterocycles. The summed E-state index contributed by atoms with van der Waals surface area (Å²) < 4.78 is 31.2. The van der Waals surface area contributed by atoms with Crippen molar-refractivity contribution in [3.8, 4) is 0 Å². The molecular formula is C13H16N2O4S. The van der Waals surface area contributed by atoms with Gasteiger partial charge in [-0.25, -0.2) is 13.2 Å². The summed E-state index contributed by atoms with van der Waals surface area (Å²) in [5.74, 6) is -0.509. The molecule has 0 radical (unpaired) electrons. The topological polar surface area (TPSA) is 66.5 Å². The predicted molar refractivity (Wildman–Crippen MR) is 70.9 cm³/mol.